The highest BCUT2D eigenvalue weighted by Crippen LogP contribution is 2.17. The summed E-state index contributed by atoms with van der Waals surface area (Å²) in [7, 11) is 0. The maximum atomic E-state index is 12.8. The molecule has 0 aliphatic heterocycles. The van der Waals surface area contributed by atoms with Gasteiger partial charge in [0.15, 0.2) is 0 Å². The summed E-state index contributed by atoms with van der Waals surface area (Å²) in [5.74, 6) is -0.544. The first-order valence-electron chi connectivity index (χ1n) is 7.35. The summed E-state index contributed by atoms with van der Waals surface area (Å²) in [4.78, 5) is 25.3. The molecule has 0 bridgehead atoms. The molecule has 0 aromatic heterocycles. The van der Waals surface area contributed by atoms with Crippen LogP contribution in [0.15, 0.2) is 48.5 Å². The SMILES string of the molecule is CC(C)(C)N(NC(=O)c1ccc(I)cc1)C(=O)c1ccc(I)cc1. The molecule has 0 aliphatic carbocycles. The molecule has 6 heteroatoms. The lowest BCUT2D eigenvalue weighted by Gasteiger charge is -2.35. The van der Waals surface area contributed by atoms with Crippen molar-refractivity contribution in [3.05, 3.63) is 66.8 Å². The molecule has 126 valence electrons. The third-order valence-corrected chi connectivity index (χ3v) is 4.72. The maximum absolute atomic E-state index is 12.8. The molecule has 0 spiro atoms. The number of hydrazine groups is 1. The maximum Gasteiger partial charge on any atom is 0.272 e. The molecule has 0 aliphatic rings. The minimum absolute atomic E-state index is 0.238. The Morgan fingerprint density at radius 1 is 0.833 bits per heavy atom. The molecular formula is C18H18I2N2O2. The van der Waals surface area contributed by atoms with Gasteiger partial charge in [0, 0.05) is 18.3 Å². The average Bonchev–Trinajstić information content (AvgIpc) is 2.52. The largest absolute Gasteiger partial charge is 0.272 e. The zero-order chi connectivity index (χ0) is 17.9. The van der Waals surface area contributed by atoms with E-state index >= 15 is 0 Å². The highest BCUT2D eigenvalue weighted by Gasteiger charge is 2.29. The van der Waals surface area contributed by atoms with Gasteiger partial charge in [0.25, 0.3) is 11.8 Å². The van der Waals surface area contributed by atoms with E-state index in [-0.39, 0.29) is 11.8 Å². The van der Waals surface area contributed by atoms with Gasteiger partial charge in [0.2, 0.25) is 0 Å². The lowest BCUT2D eigenvalue weighted by atomic mass is 10.1. The second-order valence-electron chi connectivity index (χ2n) is 6.27. The third-order valence-electron chi connectivity index (χ3n) is 3.28. The van der Waals surface area contributed by atoms with E-state index in [0.717, 1.165) is 7.14 Å². The van der Waals surface area contributed by atoms with Crippen molar-refractivity contribution in [3.63, 3.8) is 0 Å². The molecule has 0 saturated carbocycles. The Morgan fingerprint density at radius 2 is 1.25 bits per heavy atom. The molecule has 0 saturated heterocycles. The summed E-state index contributed by atoms with van der Waals surface area (Å²) in [5.41, 5.74) is 3.24. The number of benzene rings is 2. The van der Waals surface area contributed by atoms with Crippen LogP contribution in [0.5, 0.6) is 0 Å². The van der Waals surface area contributed by atoms with Crippen molar-refractivity contribution in [2.75, 3.05) is 0 Å². The van der Waals surface area contributed by atoms with Crippen molar-refractivity contribution in [2.24, 2.45) is 0 Å². The van der Waals surface area contributed by atoms with Gasteiger partial charge in [0.05, 0.1) is 5.54 Å². The third kappa shape index (κ3) is 4.92. The Morgan fingerprint density at radius 3 is 1.67 bits per heavy atom. The van der Waals surface area contributed by atoms with Crippen molar-refractivity contribution < 1.29 is 9.59 Å². The van der Waals surface area contributed by atoms with Gasteiger partial charge in [-0.25, -0.2) is 5.01 Å². The Balaban J connectivity index is 2.25. The van der Waals surface area contributed by atoms with Crippen LogP contribution in [0.1, 0.15) is 41.5 Å². The van der Waals surface area contributed by atoms with Gasteiger partial charge in [-0.2, -0.15) is 0 Å². The summed E-state index contributed by atoms with van der Waals surface area (Å²) < 4.78 is 2.10. The Hall–Kier alpha value is -1.16. The molecule has 0 unspecified atom stereocenters. The van der Waals surface area contributed by atoms with Gasteiger partial charge in [-0.3, -0.25) is 15.0 Å². The zero-order valence-electron chi connectivity index (χ0n) is 13.6. The summed E-state index contributed by atoms with van der Waals surface area (Å²) in [5, 5.41) is 1.38. The highest BCUT2D eigenvalue weighted by molar-refractivity contribution is 14.1. The van der Waals surface area contributed by atoms with Gasteiger partial charge < -0.3 is 0 Å². The van der Waals surface area contributed by atoms with Crippen LogP contribution in [0, 0.1) is 7.14 Å². The molecule has 2 aromatic rings. The molecule has 0 radical (unpaired) electrons. The normalized spacial score (nSPS) is 11.0. The van der Waals surface area contributed by atoms with E-state index in [2.05, 4.69) is 50.6 Å². The first-order valence-corrected chi connectivity index (χ1v) is 9.51. The van der Waals surface area contributed by atoms with E-state index in [1.807, 2.05) is 45.0 Å². The average molecular weight is 548 g/mol. The summed E-state index contributed by atoms with van der Waals surface area (Å²) >= 11 is 4.37. The minimum atomic E-state index is -0.557. The van der Waals surface area contributed by atoms with Crippen LogP contribution in [0.4, 0.5) is 0 Å². The molecule has 2 rings (SSSR count). The summed E-state index contributed by atoms with van der Waals surface area (Å²) in [6, 6.07) is 14.5. The first kappa shape index (κ1) is 19.2. The van der Waals surface area contributed by atoms with Crippen LogP contribution in [-0.4, -0.2) is 22.4 Å². The number of rotatable bonds is 2. The topological polar surface area (TPSA) is 49.4 Å². The van der Waals surface area contributed by atoms with Crippen LogP contribution in [0.25, 0.3) is 0 Å². The van der Waals surface area contributed by atoms with Crippen molar-refractivity contribution >= 4 is 57.0 Å². The lowest BCUT2D eigenvalue weighted by molar-refractivity contribution is 0.0358. The number of carbonyl (C=O) groups excluding carboxylic acids is 2. The second kappa shape index (κ2) is 7.81. The molecule has 24 heavy (non-hydrogen) atoms. The molecule has 4 nitrogen and oxygen atoms in total. The Labute approximate surface area is 169 Å². The smallest absolute Gasteiger partial charge is 0.267 e. The van der Waals surface area contributed by atoms with E-state index < -0.39 is 5.54 Å². The summed E-state index contributed by atoms with van der Waals surface area (Å²) in [6.45, 7) is 5.64. The van der Waals surface area contributed by atoms with E-state index in [4.69, 9.17) is 0 Å². The van der Waals surface area contributed by atoms with Gasteiger partial charge in [-0.1, -0.05) is 0 Å². The molecule has 1 N–H and O–H groups in total. The molecule has 2 aromatic carbocycles. The molecular weight excluding hydrogens is 530 g/mol. The molecule has 0 heterocycles. The number of nitrogens with one attached hydrogen (secondary N) is 1. The second-order valence-corrected chi connectivity index (χ2v) is 8.76. The minimum Gasteiger partial charge on any atom is -0.267 e. The summed E-state index contributed by atoms with van der Waals surface area (Å²) in [6.07, 6.45) is 0. The van der Waals surface area contributed by atoms with Crippen LogP contribution in [0.3, 0.4) is 0 Å². The quantitative estimate of drug-likeness (QED) is 0.445. The molecule has 0 fully saturated rings. The van der Waals surface area contributed by atoms with Crippen LogP contribution >= 0.6 is 45.2 Å². The Bertz CT molecular complexity index is 735. The van der Waals surface area contributed by atoms with Gasteiger partial charge in [0.1, 0.15) is 0 Å². The van der Waals surface area contributed by atoms with E-state index in [1.54, 1.807) is 24.3 Å². The fraction of sp³-hybridized carbons (Fsp3) is 0.222. The van der Waals surface area contributed by atoms with E-state index in [0.29, 0.717) is 11.1 Å². The molecule has 2 amide bonds. The number of nitrogens with zero attached hydrogens (tertiary/aromatic N) is 1. The number of hydrogen-bond acceptors (Lipinski definition) is 2. The lowest BCUT2D eigenvalue weighted by Crippen LogP contribution is -2.55. The van der Waals surface area contributed by atoms with Crippen molar-refractivity contribution in [1.29, 1.82) is 0 Å². The predicted molar refractivity (Wildman–Crippen MR) is 112 cm³/mol. The fourth-order valence-corrected chi connectivity index (χ4v) is 2.73. The van der Waals surface area contributed by atoms with Crippen molar-refractivity contribution in [3.8, 4) is 0 Å². The van der Waals surface area contributed by atoms with Crippen LogP contribution < -0.4 is 5.43 Å². The highest BCUT2D eigenvalue weighted by atomic mass is 127. The van der Waals surface area contributed by atoms with Gasteiger partial charge >= 0.3 is 0 Å². The number of hydrogen-bond donors (Lipinski definition) is 1. The first-order chi connectivity index (χ1) is 11.2. The zero-order valence-corrected chi connectivity index (χ0v) is 18.0. The van der Waals surface area contributed by atoms with Gasteiger partial charge in [-0.05, 0) is 114 Å². The fourth-order valence-electron chi connectivity index (χ4n) is 2.01. The number of halogens is 2. The standard InChI is InChI=1S/C18H18I2N2O2/c1-18(2,3)22(17(24)13-6-10-15(20)11-7-13)21-16(23)12-4-8-14(19)9-5-12/h4-11H,1-3H3,(H,21,23). The van der Waals surface area contributed by atoms with E-state index in [9.17, 15) is 9.59 Å². The van der Waals surface area contributed by atoms with Crippen molar-refractivity contribution in [2.45, 2.75) is 26.3 Å². The van der Waals surface area contributed by atoms with Crippen LogP contribution in [-0.2, 0) is 0 Å². The van der Waals surface area contributed by atoms with Gasteiger partial charge in [-0.15, -0.1) is 0 Å². The Kier molecular flexibility index (Phi) is 6.24. The number of carbonyl (C=O) groups is 2. The molecule has 0 atom stereocenters. The number of amides is 2. The predicted octanol–water partition coefficient (Wildman–Crippen LogP) is 4.48. The monoisotopic (exact) mass is 548 g/mol. The van der Waals surface area contributed by atoms with E-state index in [1.165, 1.54) is 5.01 Å². The van der Waals surface area contributed by atoms with Crippen molar-refractivity contribution in [1.82, 2.24) is 10.4 Å². The van der Waals surface area contributed by atoms with Crippen LogP contribution in [0.2, 0.25) is 0 Å².